The average molecular weight is 320 g/mol. The molecule has 2 amide bonds. The van der Waals surface area contributed by atoms with Crippen LogP contribution in [0, 0.1) is 5.82 Å². The number of halogens is 1. The van der Waals surface area contributed by atoms with Crippen molar-refractivity contribution in [3.8, 4) is 0 Å². The van der Waals surface area contributed by atoms with E-state index in [1.54, 1.807) is 12.3 Å². The van der Waals surface area contributed by atoms with Crippen molar-refractivity contribution in [2.75, 3.05) is 25.0 Å². The fourth-order valence-corrected chi connectivity index (χ4v) is 3.42. The van der Waals surface area contributed by atoms with Crippen molar-refractivity contribution in [1.29, 1.82) is 0 Å². The van der Waals surface area contributed by atoms with Gasteiger partial charge in [0.1, 0.15) is 0 Å². The maximum atomic E-state index is 13.7. The lowest BCUT2D eigenvalue weighted by Crippen LogP contribution is -2.42. The predicted octanol–water partition coefficient (Wildman–Crippen LogP) is 1.74. The highest BCUT2D eigenvalue weighted by atomic mass is 19.1. The molecule has 1 aromatic rings. The van der Waals surface area contributed by atoms with Gasteiger partial charge in [0.15, 0.2) is 11.6 Å². The molecule has 2 saturated heterocycles. The summed E-state index contributed by atoms with van der Waals surface area (Å²) in [5.41, 5.74) is -0.302. The number of amides is 2. The molecule has 7 heteroatoms. The molecule has 3 aliphatic rings. The Kier molecular flexibility index (Phi) is 3.60. The number of likely N-dealkylation sites (tertiary alicyclic amines) is 1. The highest BCUT2D eigenvalue weighted by Gasteiger charge is 2.47. The summed E-state index contributed by atoms with van der Waals surface area (Å²) in [5.74, 6) is -0.0928. The van der Waals surface area contributed by atoms with E-state index < -0.39 is 0 Å². The Morgan fingerprint density at radius 1 is 1.43 bits per heavy atom. The standard InChI is InChI=1S/C16H21FN4O2/c17-13-2-1-6-18-14(13)19-12-8-16(23-9-12)5-7-21(10-16)15(22)20-11-3-4-11/h1-2,6,11-12H,3-5,7-10H2,(H,18,19)(H,20,22)/t12-,16+/m0/s1. The lowest BCUT2D eigenvalue weighted by Gasteiger charge is -2.23. The third-order valence-corrected chi connectivity index (χ3v) is 4.82. The van der Waals surface area contributed by atoms with E-state index in [-0.39, 0.29) is 29.3 Å². The molecule has 6 nitrogen and oxygen atoms in total. The van der Waals surface area contributed by atoms with Crippen molar-refractivity contribution in [3.05, 3.63) is 24.1 Å². The molecule has 3 heterocycles. The van der Waals surface area contributed by atoms with Crippen molar-refractivity contribution in [2.24, 2.45) is 0 Å². The Morgan fingerprint density at radius 2 is 2.30 bits per heavy atom. The van der Waals surface area contributed by atoms with E-state index in [0.29, 0.717) is 25.7 Å². The van der Waals surface area contributed by atoms with Gasteiger partial charge in [-0.2, -0.15) is 0 Å². The number of carbonyl (C=O) groups is 1. The number of anilines is 1. The van der Waals surface area contributed by atoms with E-state index >= 15 is 0 Å². The SMILES string of the molecule is O=C(NC1CC1)N1CC[C@@]2(C[C@H](Nc3ncccc3F)CO2)C1. The average Bonchev–Trinajstić information content (AvgIpc) is 3.12. The lowest BCUT2D eigenvalue weighted by molar-refractivity contribution is 0.0150. The summed E-state index contributed by atoms with van der Waals surface area (Å²) in [6.45, 7) is 1.83. The highest BCUT2D eigenvalue weighted by Crippen LogP contribution is 2.36. The summed E-state index contributed by atoms with van der Waals surface area (Å²) in [6.07, 6.45) is 5.33. The van der Waals surface area contributed by atoms with Gasteiger partial charge in [0.25, 0.3) is 0 Å². The molecular weight excluding hydrogens is 299 g/mol. The van der Waals surface area contributed by atoms with Gasteiger partial charge in [0.2, 0.25) is 0 Å². The smallest absolute Gasteiger partial charge is 0.317 e. The number of hydrogen-bond acceptors (Lipinski definition) is 4. The highest BCUT2D eigenvalue weighted by molar-refractivity contribution is 5.75. The van der Waals surface area contributed by atoms with Gasteiger partial charge in [-0.25, -0.2) is 14.2 Å². The number of ether oxygens (including phenoxy) is 1. The van der Waals surface area contributed by atoms with Gasteiger partial charge < -0.3 is 20.3 Å². The molecule has 0 aromatic carbocycles. The first-order chi connectivity index (χ1) is 11.1. The Balaban J connectivity index is 1.34. The van der Waals surface area contributed by atoms with Crippen LogP contribution in [0.4, 0.5) is 15.0 Å². The molecule has 2 N–H and O–H groups in total. The first kappa shape index (κ1) is 14.7. The van der Waals surface area contributed by atoms with Crippen LogP contribution in [-0.2, 0) is 4.74 Å². The number of aromatic nitrogens is 1. The lowest BCUT2D eigenvalue weighted by atomic mass is 9.97. The van der Waals surface area contributed by atoms with Crippen LogP contribution in [0.3, 0.4) is 0 Å². The molecule has 3 fully saturated rings. The van der Waals surface area contributed by atoms with Crippen LogP contribution in [-0.4, -0.2) is 53.3 Å². The maximum absolute atomic E-state index is 13.7. The van der Waals surface area contributed by atoms with Crippen LogP contribution < -0.4 is 10.6 Å². The third-order valence-electron chi connectivity index (χ3n) is 4.82. The Hall–Kier alpha value is -1.89. The molecule has 2 aliphatic heterocycles. The van der Waals surface area contributed by atoms with Crippen molar-refractivity contribution < 1.29 is 13.9 Å². The summed E-state index contributed by atoms with van der Waals surface area (Å²) in [7, 11) is 0. The first-order valence-electron chi connectivity index (χ1n) is 8.20. The van der Waals surface area contributed by atoms with Crippen LogP contribution in [0.1, 0.15) is 25.7 Å². The van der Waals surface area contributed by atoms with Crippen molar-refractivity contribution in [2.45, 2.75) is 43.4 Å². The molecule has 4 rings (SSSR count). The van der Waals surface area contributed by atoms with Gasteiger partial charge in [-0.1, -0.05) is 0 Å². The zero-order valence-corrected chi connectivity index (χ0v) is 12.9. The van der Waals surface area contributed by atoms with Gasteiger partial charge in [-0.15, -0.1) is 0 Å². The maximum Gasteiger partial charge on any atom is 0.317 e. The first-order valence-corrected chi connectivity index (χ1v) is 8.20. The van der Waals surface area contributed by atoms with Gasteiger partial charge in [0.05, 0.1) is 24.8 Å². The van der Waals surface area contributed by atoms with Crippen LogP contribution >= 0.6 is 0 Å². The minimum Gasteiger partial charge on any atom is -0.371 e. The largest absolute Gasteiger partial charge is 0.371 e. The monoisotopic (exact) mass is 320 g/mol. The summed E-state index contributed by atoms with van der Waals surface area (Å²) in [5, 5.41) is 6.13. The number of nitrogens with one attached hydrogen (secondary N) is 2. The molecule has 0 unspecified atom stereocenters. The van der Waals surface area contributed by atoms with Crippen molar-refractivity contribution in [1.82, 2.24) is 15.2 Å². The van der Waals surface area contributed by atoms with Gasteiger partial charge in [0, 0.05) is 25.2 Å². The van der Waals surface area contributed by atoms with E-state index in [1.807, 2.05) is 4.90 Å². The minimum atomic E-state index is -0.356. The molecule has 1 aromatic heterocycles. The number of rotatable bonds is 3. The van der Waals surface area contributed by atoms with E-state index in [4.69, 9.17) is 4.74 Å². The second-order valence-corrected chi connectivity index (χ2v) is 6.77. The number of nitrogens with zero attached hydrogens (tertiary/aromatic N) is 2. The zero-order valence-electron chi connectivity index (χ0n) is 12.9. The molecule has 0 bridgehead atoms. The van der Waals surface area contributed by atoms with E-state index in [2.05, 4.69) is 15.6 Å². The molecule has 1 saturated carbocycles. The molecular formula is C16H21FN4O2. The predicted molar refractivity (Wildman–Crippen MR) is 82.6 cm³/mol. The number of pyridine rings is 1. The summed E-state index contributed by atoms with van der Waals surface area (Å²) in [6, 6.07) is 3.36. The Bertz CT molecular complexity index is 609. The van der Waals surface area contributed by atoms with Gasteiger partial charge in [-0.05, 0) is 31.4 Å². The van der Waals surface area contributed by atoms with Crippen LogP contribution in [0.15, 0.2) is 18.3 Å². The number of hydrogen-bond donors (Lipinski definition) is 2. The number of urea groups is 1. The fourth-order valence-electron chi connectivity index (χ4n) is 3.42. The van der Waals surface area contributed by atoms with Crippen LogP contribution in [0.2, 0.25) is 0 Å². The minimum absolute atomic E-state index is 0.0140. The third kappa shape index (κ3) is 3.10. The van der Waals surface area contributed by atoms with E-state index in [0.717, 1.165) is 25.7 Å². The van der Waals surface area contributed by atoms with Crippen LogP contribution in [0.25, 0.3) is 0 Å². The quantitative estimate of drug-likeness (QED) is 0.890. The molecule has 1 aliphatic carbocycles. The molecule has 0 radical (unpaired) electrons. The molecule has 1 spiro atoms. The normalized spacial score (nSPS) is 30.0. The van der Waals surface area contributed by atoms with Gasteiger partial charge >= 0.3 is 6.03 Å². The van der Waals surface area contributed by atoms with Crippen molar-refractivity contribution >= 4 is 11.8 Å². The number of carbonyl (C=O) groups excluding carboxylic acids is 1. The summed E-state index contributed by atoms with van der Waals surface area (Å²) in [4.78, 5) is 18.0. The molecule has 2 atom stereocenters. The van der Waals surface area contributed by atoms with E-state index in [1.165, 1.54) is 6.07 Å². The Labute approximate surface area is 134 Å². The summed E-state index contributed by atoms with van der Waals surface area (Å²) < 4.78 is 19.7. The second kappa shape index (κ2) is 5.63. The summed E-state index contributed by atoms with van der Waals surface area (Å²) >= 11 is 0. The fraction of sp³-hybridized carbons (Fsp3) is 0.625. The van der Waals surface area contributed by atoms with E-state index in [9.17, 15) is 9.18 Å². The second-order valence-electron chi connectivity index (χ2n) is 6.77. The van der Waals surface area contributed by atoms with Crippen molar-refractivity contribution in [3.63, 3.8) is 0 Å². The topological polar surface area (TPSA) is 66.5 Å². The molecule has 23 heavy (non-hydrogen) atoms. The molecule has 124 valence electrons. The van der Waals surface area contributed by atoms with Gasteiger partial charge in [-0.3, -0.25) is 0 Å². The zero-order chi connectivity index (χ0) is 15.9. The Morgan fingerprint density at radius 3 is 3.09 bits per heavy atom. The van der Waals surface area contributed by atoms with Crippen LogP contribution in [0.5, 0.6) is 0 Å².